The number of rotatable bonds is 31. The molecule has 1 N–H and O–H groups in total. The Balaban J connectivity index is 0.961. The van der Waals surface area contributed by atoms with E-state index in [1.165, 1.54) is 0 Å². The average Bonchev–Trinajstić information content (AvgIpc) is 4.08. The number of aliphatic hydroxyl groups is 1. The van der Waals surface area contributed by atoms with Gasteiger partial charge in [0.2, 0.25) is 0 Å². The van der Waals surface area contributed by atoms with Crippen molar-refractivity contribution in [1.29, 1.82) is 0 Å². The average molecular weight is 1060 g/mol. The Morgan fingerprint density at radius 2 is 1.33 bits per heavy atom. The Kier molecular flexibility index (Phi) is 21.2. The van der Waals surface area contributed by atoms with E-state index >= 15 is 0 Å². The molecule has 8 aliphatic heterocycles. The summed E-state index contributed by atoms with van der Waals surface area (Å²) in [6.45, 7) is 36.8. The van der Waals surface area contributed by atoms with Crippen LogP contribution in [0.15, 0.2) is 37.0 Å². The third-order valence-electron chi connectivity index (χ3n) is 19.7. The summed E-state index contributed by atoms with van der Waals surface area (Å²) in [4.78, 5) is 0. The number of hydrogen-bond donors (Lipinski definition) is 1. The molecular formula is C57H102O12Si3. The topological polar surface area (TPSA) is 122 Å². The number of aliphatic hydroxyl groups excluding tert-OH is 1. The van der Waals surface area contributed by atoms with Crippen molar-refractivity contribution in [2.45, 2.75) is 292 Å². The molecule has 0 saturated carbocycles. The SMILES string of the molecule is C=CC[C@@H]1O[C@@H]2[C@H]3O[C@@H]4CC(CC[C@H]5CC(=C)[C@H](CC[C@H]6C[C@@H](C)C(=C)[C@@H](C[C@@H]7O[C@H](CC(CO[Si](CC)(CC)CC)O[Si](CC)(CC)CC)[C@H](OC)[C@H]7CCO)O6)O5)(O[C@H]3[C@H]1O[Si](CC)(CC)CC)O[C@H]24. The summed E-state index contributed by atoms with van der Waals surface area (Å²) < 4.78 is 76.5. The number of hydrogen-bond acceptors (Lipinski definition) is 12. The number of ether oxygens (including phenoxy) is 8. The van der Waals surface area contributed by atoms with Crippen molar-refractivity contribution in [2.24, 2.45) is 11.8 Å². The number of methoxy groups -OCH3 is 1. The van der Waals surface area contributed by atoms with E-state index in [1.54, 1.807) is 7.11 Å². The summed E-state index contributed by atoms with van der Waals surface area (Å²) in [5.74, 6) is -0.430. The van der Waals surface area contributed by atoms with Crippen LogP contribution in [0.1, 0.15) is 140 Å². The lowest BCUT2D eigenvalue weighted by molar-refractivity contribution is -0.271. The molecule has 8 rings (SSSR count). The standard InChI is InChI=1S/C57H102O12Si3/c1-15-25-46-53(69-72(22-8,23-9)24-10)56-55-54(64-46)52-50(65-55)36-57(66-52,67-56)30-28-42-33-39(12)45(61-42)27-26-41-32-38(11)40(13)47(62-41)35-48-44(29-31-58)51(59-14)49(63-48)34-43(68-71(19-5,20-6)21-7)37-60-70(16-2,17-3)18-4/h15,38,41-56,58H,1,12-13,16-37H2,2-11,14H3/t38-,41+,42+,43?,44+,45+,46+,47-,48+,49-,50-,51-,52+,53+,54+,55-,56+,57?/m1/s1. The fourth-order valence-electron chi connectivity index (χ4n) is 14.3. The normalized spacial score (nSPS) is 38.3. The van der Waals surface area contributed by atoms with E-state index in [0.29, 0.717) is 44.6 Å². The first-order valence-corrected chi connectivity index (χ1v) is 36.9. The molecule has 0 aromatic rings. The Labute approximate surface area is 440 Å². The van der Waals surface area contributed by atoms with Gasteiger partial charge in [-0.3, -0.25) is 0 Å². The van der Waals surface area contributed by atoms with Gasteiger partial charge in [0.25, 0.3) is 0 Å². The van der Waals surface area contributed by atoms with Crippen LogP contribution >= 0.6 is 0 Å². The molecule has 2 unspecified atom stereocenters. The maximum Gasteiger partial charge on any atom is 0.192 e. The molecule has 6 bridgehead atoms. The minimum atomic E-state index is -2.00. The van der Waals surface area contributed by atoms with Gasteiger partial charge in [-0.05, 0) is 116 Å². The molecule has 8 fully saturated rings. The molecule has 15 heteroatoms. The summed E-state index contributed by atoms with van der Waals surface area (Å²) in [7, 11) is -4.00. The lowest BCUT2D eigenvalue weighted by Gasteiger charge is -2.47. The van der Waals surface area contributed by atoms with Gasteiger partial charge >= 0.3 is 0 Å². The van der Waals surface area contributed by atoms with Crippen LogP contribution in [0.4, 0.5) is 0 Å². The molecule has 8 aliphatic rings. The van der Waals surface area contributed by atoms with Crippen molar-refractivity contribution in [3.63, 3.8) is 0 Å². The van der Waals surface area contributed by atoms with Gasteiger partial charge in [0.1, 0.15) is 30.5 Å². The van der Waals surface area contributed by atoms with Gasteiger partial charge in [0.15, 0.2) is 30.7 Å². The predicted octanol–water partition coefficient (Wildman–Crippen LogP) is 12.0. The van der Waals surface area contributed by atoms with Gasteiger partial charge in [0.05, 0.1) is 67.6 Å². The second-order valence-corrected chi connectivity index (χ2v) is 37.4. The minimum Gasteiger partial charge on any atom is -0.414 e. The van der Waals surface area contributed by atoms with E-state index in [-0.39, 0.29) is 104 Å². The fourth-order valence-corrected chi connectivity index (χ4v) is 22.6. The van der Waals surface area contributed by atoms with Gasteiger partial charge in [-0.15, -0.1) is 6.58 Å². The van der Waals surface area contributed by atoms with Crippen LogP contribution in [0.3, 0.4) is 0 Å². The van der Waals surface area contributed by atoms with E-state index in [4.69, 9.17) is 51.2 Å². The molecule has 0 amide bonds. The highest BCUT2D eigenvalue weighted by molar-refractivity contribution is 6.74. The largest absolute Gasteiger partial charge is 0.414 e. The maximum atomic E-state index is 10.4. The zero-order valence-corrected chi connectivity index (χ0v) is 50.0. The van der Waals surface area contributed by atoms with Crippen LogP contribution in [0.5, 0.6) is 0 Å². The first-order chi connectivity index (χ1) is 34.6. The van der Waals surface area contributed by atoms with E-state index in [1.807, 2.05) is 6.08 Å². The van der Waals surface area contributed by atoms with Crippen LogP contribution in [-0.2, 0) is 51.2 Å². The highest BCUT2D eigenvalue weighted by Crippen LogP contribution is 2.54. The third kappa shape index (κ3) is 12.6. The van der Waals surface area contributed by atoms with E-state index in [2.05, 4.69) is 89.0 Å². The molecule has 0 aromatic heterocycles. The Bertz CT molecular complexity index is 1720. The first kappa shape index (κ1) is 59.1. The third-order valence-corrected chi connectivity index (χ3v) is 33.7. The molecule has 0 spiro atoms. The van der Waals surface area contributed by atoms with Crippen LogP contribution in [0.25, 0.3) is 0 Å². The molecule has 8 heterocycles. The van der Waals surface area contributed by atoms with Gasteiger partial charge in [-0.2, -0.15) is 0 Å². The summed E-state index contributed by atoms with van der Waals surface area (Å²) in [5, 5.41) is 10.4. The van der Waals surface area contributed by atoms with Gasteiger partial charge in [-0.1, -0.05) is 88.5 Å². The molecular weight excluding hydrogens is 961 g/mol. The Hall–Kier alpha value is -0.609. The van der Waals surface area contributed by atoms with E-state index in [0.717, 1.165) is 104 Å². The van der Waals surface area contributed by atoms with Crippen LogP contribution < -0.4 is 0 Å². The van der Waals surface area contributed by atoms with Crippen molar-refractivity contribution in [3.05, 3.63) is 37.0 Å². The van der Waals surface area contributed by atoms with Crippen LogP contribution in [0.2, 0.25) is 54.4 Å². The Morgan fingerprint density at radius 1 is 0.694 bits per heavy atom. The summed E-state index contributed by atoms with van der Waals surface area (Å²) in [5.41, 5.74) is 2.28. The van der Waals surface area contributed by atoms with E-state index < -0.39 is 30.7 Å². The van der Waals surface area contributed by atoms with E-state index in [9.17, 15) is 5.11 Å². The molecule has 12 nitrogen and oxygen atoms in total. The zero-order chi connectivity index (χ0) is 52.0. The van der Waals surface area contributed by atoms with Crippen molar-refractivity contribution < 1.29 is 56.3 Å². The second-order valence-electron chi connectivity index (χ2n) is 23.2. The minimum absolute atomic E-state index is 0.0227. The van der Waals surface area contributed by atoms with Gasteiger partial charge in [-0.25, -0.2) is 0 Å². The Morgan fingerprint density at radius 3 is 1.96 bits per heavy atom. The fraction of sp³-hybridized carbons (Fsp3) is 0.895. The van der Waals surface area contributed by atoms with Crippen molar-refractivity contribution in [3.8, 4) is 0 Å². The molecule has 0 aliphatic carbocycles. The lowest BCUT2D eigenvalue weighted by atomic mass is 9.82. The van der Waals surface area contributed by atoms with Gasteiger partial charge in [0, 0.05) is 45.3 Å². The lowest BCUT2D eigenvalue weighted by Crippen LogP contribution is -2.62. The molecule has 18 atom stereocenters. The quantitative estimate of drug-likeness (QED) is 0.0525. The smallest absolute Gasteiger partial charge is 0.192 e. The molecule has 8 saturated heterocycles. The maximum absolute atomic E-state index is 10.4. The first-order valence-electron chi connectivity index (χ1n) is 29.4. The highest BCUT2D eigenvalue weighted by atomic mass is 28.4. The predicted molar refractivity (Wildman–Crippen MR) is 293 cm³/mol. The summed E-state index contributed by atoms with van der Waals surface area (Å²) in [6.07, 6.45) is 8.57. The monoisotopic (exact) mass is 1060 g/mol. The van der Waals surface area contributed by atoms with Gasteiger partial charge < -0.3 is 56.3 Å². The summed E-state index contributed by atoms with van der Waals surface area (Å²) >= 11 is 0. The molecule has 0 aromatic carbocycles. The van der Waals surface area contributed by atoms with Crippen LogP contribution in [-0.4, -0.2) is 148 Å². The van der Waals surface area contributed by atoms with Crippen molar-refractivity contribution in [1.82, 2.24) is 0 Å². The molecule has 72 heavy (non-hydrogen) atoms. The van der Waals surface area contributed by atoms with Crippen molar-refractivity contribution >= 4 is 25.0 Å². The van der Waals surface area contributed by atoms with Crippen LogP contribution in [0, 0.1) is 11.8 Å². The molecule has 0 radical (unpaired) electrons. The zero-order valence-electron chi connectivity index (χ0n) is 47.0. The molecule has 414 valence electrons. The highest BCUT2D eigenvalue weighted by Gasteiger charge is 2.68. The second kappa shape index (κ2) is 25.9. The van der Waals surface area contributed by atoms with Crippen molar-refractivity contribution in [2.75, 3.05) is 20.3 Å². The summed E-state index contributed by atoms with van der Waals surface area (Å²) in [6, 6.07) is 9.73.